The van der Waals surface area contributed by atoms with Gasteiger partial charge in [0.15, 0.2) is 6.10 Å². The van der Waals surface area contributed by atoms with Crippen molar-refractivity contribution in [1.82, 2.24) is 4.90 Å². The van der Waals surface area contributed by atoms with E-state index in [0.717, 1.165) is 12.3 Å². The molecule has 1 aromatic carbocycles. The molecule has 3 rings (SSSR count). The molecule has 4 atom stereocenters. The van der Waals surface area contributed by atoms with Crippen LogP contribution in [-0.2, 0) is 4.79 Å². The zero-order chi connectivity index (χ0) is 15.7. The molecule has 0 spiro atoms. The maximum atomic E-state index is 12.7. The van der Waals surface area contributed by atoms with Gasteiger partial charge in [-0.2, -0.15) is 0 Å². The Hall–Kier alpha value is -1.71. The topological polar surface area (TPSA) is 38.8 Å². The summed E-state index contributed by atoms with van der Waals surface area (Å²) in [4.78, 5) is 14.7. The SMILES string of the molecule is COc1ccc(OC(C)C(=O)N2CC3CCC[C@@H]3[C@H]2C)cc1. The lowest BCUT2D eigenvalue weighted by atomic mass is 9.95. The first-order valence-corrected chi connectivity index (χ1v) is 8.21. The molecular formula is C18H25NO3. The number of ether oxygens (including phenoxy) is 2. The summed E-state index contributed by atoms with van der Waals surface area (Å²) in [5, 5.41) is 0. The summed E-state index contributed by atoms with van der Waals surface area (Å²) in [6, 6.07) is 7.71. The van der Waals surface area contributed by atoms with Crippen molar-refractivity contribution in [3.05, 3.63) is 24.3 Å². The first kappa shape index (κ1) is 15.2. The minimum atomic E-state index is -0.449. The highest BCUT2D eigenvalue weighted by atomic mass is 16.5. The number of benzene rings is 1. The number of rotatable bonds is 4. The van der Waals surface area contributed by atoms with Gasteiger partial charge in [-0.3, -0.25) is 4.79 Å². The monoisotopic (exact) mass is 303 g/mol. The lowest BCUT2D eigenvalue weighted by Gasteiger charge is -2.27. The second kappa shape index (κ2) is 6.19. The second-order valence-corrected chi connectivity index (χ2v) is 6.52. The number of hydrogen-bond donors (Lipinski definition) is 0. The zero-order valence-corrected chi connectivity index (χ0v) is 13.6. The normalized spacial score (nSPS) is 28.3. The van der Waals surface area contributed by atoms with Crippen molar-refractivity contribution in [2.45, 2.75) is 45.3 Å². The van der Waals surface area contributed by atoms with Crippen molar-refractivity contribution >= 4 is 5.91 Å². The van der Waals surface area contributed by atoms with Crippen LogP contribution in [0.15, 0.2) is 24.3 Å². The Kier molecular flexibility index (Phi) is 4.27. The molecule has 4 heteroatoms. The molecule has 0 N–H and O–H groups in total. The average Bonchev–Trinajstić information content (AvgIpc) is 3.10. The number of methoxy groups -OCH3 is 1. The van der Waals surface area contributed by atoms with Gasteiger partial charge in [0.1, 0.15) is 11.5 Å². The Balaban J connectivity index is 1.62. The van der Waals surface area contributed by atoms with Crippen LogP contribution in [0.1, 0.15) is 33.1 Å². The summed E-state index contributed by atoms with van der Waals surface area (Å²) in [6.07, 6.45) is 3.41. The number of amides is 1. The van der Waals surface area contributed by atoms with E-state index in [-0.39, 0.29) is 5.91 Å². The van der Waals surface area contributed by atoms with Gasteiger partial charge in [-0.05, 0) is 62.8 Å². The molecule has 1 amide bonds. The third-order valence-corrected chi connectivity index (χ3v) is 5.26. The van der Waals surface area contributed by atoms with Gasteiger partial charge >= 0.3 is 0 Å². The number of carbonyl (C=O) groups excluding carboxylic acids is 1. The summed E-state index contributed by atoms with van der Waals surface area (Å²) in [6.45, 7) is 4.93. The molecule has 0 aromatic heterocycles. The number of nitrogens with zero attached hydrogens (tertiary/aromatic N) is 1. The molecule has 1 aromatic rings. The van der Waals surface area contributed by atoms with Crippen LogP contribution < -0.4 is 9.47 Å². The van der Waals surface area contributed by atoms with Crippen LogP contribution in [0.3, 0.4) is 0 Å². The van der Waals surface area contributed by atoms with Crippen molar-refractivity contribution in [2.24, 2.45) is 11.8 Å². The fourth-order valence-electron chi connectivity index (χ4n) is 4.01. The summed E-state index contributed by atoms with van der Waals surface area (Å²) in [7, 11) is 1.63. The van der Waals surface area contributed by atoms with E-state index in [4.69, 9.17) is 9.47 Å². The van der Waals surface area contributed by atoms with Gasteiger partial charge in [0.05, 0.1) is 7.11 Å². The van der Waals surface area contributed by atoms with Gasteiger partial charge in [-0.15, -0.1) is 0 Å². The fourth-order valence-corrected chi connectivity index (χ4v) is 4.01. The second-order valence-electron chi connectivity index (χ2n) is 6.52. The standard InChI is InChI=1S/C18H25NO3/c1-12-17-6-4-5-14(17)11-19(12)18(20)13(2)22-16-9-7-15(21-3)8-10-16/h7-10,12-14,17H,4-6,11H2,1-3H3/t12-,13?,14?,17-/m1/s1. The molecular weight excluding hydrogens is 278 g/mol. The summed E-state index contributed by atoms with van der Waals surface area (Å²) in [5.41, 5.74) is 0. The number of hydrogen-bond acceptors (Lipinski definition) is 3. The quantitative estimate of drug-likeness (QED) is 0.858. The van der Waals surface area contributed by atoms with E-state index in [2.05, 4.69) is 6.92 Å². The lowest BCUT2D eigenvalue weighted by molar-refractivity contribution is -0.139. The van der Waals surface area contributed by atoms with Gasteiger partial charge in [0.25, 0.3) is 5.91 Å². The number of fused-ring (bicyclic) bond motifs is 1. The molecule has 0 radical (unpaired) electrons. The van der Waals surface area contributed by atoms with E-state index in [0.29, 0.717) is 23.6 Å². The number of likely N-dealkylation sites (tertiary alicyclic amines) is 1. The van der Waals surface area contributed by atoms with Crippen LogP contribution in [0, 0.1) is 11.8 Å². The van der Waals surface area contributed by atoms with Crippen molar-refractivity contribution < 1.29 is 14.3 Å². The largest absolute Gasteiger partial charge is 0.497 e. The van der Waals surface area contributed by atoms with Crippen LogP contribution >= 0.6 is 0 Å². The van der Waals surface area contributed by atoms with Crippen LogP contribution in [-0.4, -0.2) is 36.6 Å². The van der Waals surface area contributed by atoms with E-state index >= 15 is 0 Å². The van der Waals surface area contributed by atoms with E-state index < -0.39 is 6.10 Å². The average molecular weight is 303 g/mol. The summed E-state index contributed by atoms with van der Waals surface area (Å²) in [5.74, 6) is 2.99. The molecule has 22 heavy (non-hydrogen) atoms. The lowest BCUT2D eigenvalue weighted by Crippen LogP contribution is -2.43. The molecule has 1 heterocycles. The van der Waals surface area contributed by atoms with Gasteiger partial charge in [-0.1, -0.05) is 6.42 Å². The van der Waals surface area contributed by atoms with E-state index in [1.165, 1.54) is 19.3 Å². The first-order chi connectivity index (χ1) is 10.6. The van der Waals surface area contributed by atoms with E-state index in [9.17, 15) is 4.79 Å². The molecule has 0 bridgehead atoms. The molecule has 2 fully saturated rings. The van der Waals surface area contributed by atoms with Gasteiger partial charge in [-0.25, -0.2) is 0 Å². The molecule has 120 valence electrons. The maximum absolute atomic E-state index is 12.7. The maximum Gasteiger partial charge on any atom is 0.263 e. The molecule has 4 nitrogen and oxygen atoms in total. The molecule has 2 aliphatic rings. The Morgan fingerprint density at radius 1 is 1.23 bits per heavy atom. The van der Waals surface area contributed by atoms with Gasteiger partial charge in [0.2, 0.25) is 0 Å². The Bertz CT molecular complexity index is 528. The van der Waals surface area contributed by atoms with Crippen LogP contribution in [0.4, 0.5) is 0 Å². The number of carbonyl (C=O) groups is 1. The van der Waals surface area contributed by atoms with Crippen LogP contribution in [0.25, 0.3) is 0 Å². The van der Waals surface area contributed by atoms with Crippen molar-refractivity contribution in [1.29, 1.82) is 0 Å². The predicted octanol–water partition coefficient (Wildman–Crippen LogP) is 3.11. The zero-order valence-electron chi connectivity index (χ0n) is 13.6. The van der Waals surface area contributed by atoms with Crippen molar-refractivity contribution in [2.75, 3.05) is 13.7 Å². The van der Waals surface area contributed by atoms with E-state index in [1.807, 2.05) is 36.1 Å². The Labute approximate surface area is 132 Å². The smallest absolute Gasteiger partial charge is 0.263 e. The van der Waals surface area contributed by atoms with Gasteiger partial charge < -0.3 is 14.4 Å². The van der Waals surface area contributed by atoms with Crippen LogP contribution in [0.5, 0.6) is 11.5 Å². The third kappa shape index (κ3) is 2.79. The molecule has 1 saturated heterocycles. The van der Waals surface area contributed by atoms with Crippen molar-refractivity contribution in [3.8, 4) is 11.5 Å². The fraction of sp³-hybridized carbons (Fsp3) is 0.611. The highest BCUT2D eigenvalue weighted by Crippen LogP contribution is 2.42. The van der Waals surface area contributed by atoms with E-state index in [1.54, 1.807) is 7.11 Å². The molecule has 1 aliphatic heterocycles. The Morgan fingerprint density at radius 3 is 2.55 bits per heavy atom. The Morgan fingerprint density at radius 2 is 1.91 bits per heavy atom. The summed E-state index contributed by atoms with van der Waals surface area (Å²) >= 11 is 0. The minimum Gasteiger partial charge on any atom is -0.497 e. The third-order valence-electron chi connectivity index (χ3n) is 5.26. The molecule has 2 unspecified atom stereocenters. The molecule has 1 aliphatic carbocycles. The van der Waals surface area contributed by atoms with Crippen molar-refractivity contribution in [3.63, 3.8) is 0 Å². The minimum absolute atomic E-state index is 0.109. The molecule has 1 saturated carbocycles. The van der Waals surface area contributed by atoms with Crippen LogP contribution in [0.2, 0.25) is 0 Å². The highest BCUT2D eigenvalue weighted by molar-refractivity contribution is 5.81. The summed E-state index contributed by atoms with van der Waals surface area (Å²) < 4.78 is 10.9. The highest BCUT2D eigenvalue weighted by Gasteiger charge is 2.44. The predicted molar refractivity (Wildman–Crippen MR) is 85.1 cm³/mol. The first-order valence-electron chi connectivity index (χ1n) is 8.21. The van der Waals surface area contributed by atoms with Gasteiger partial charge in [0, 0.05) is 12.6 Å².